The molecule has 1 aliphatic heterocycles. The lowest BCUT2D eigenvalue weighted by molar-refractivity contribution is 0.0623. The Balaban J connectivity index is 2.26. The van der Waals surface area contributed by atoms with Crippen molar-refractivity contribution in [3.63, 3.8) is 0 Å². The maximum absolute atomic E-state index is 13.2. The van der Waals surface area contributed by atoms with Gasteiger partial charge in [-0.25, -0.2) is 12.8 Å². The van der Waals surface area contributed by atoms with Crippen molar-refractivity contribution in [3.8, 4) is 0 Å². The predicted molar refractivity (Wildman–Crippen MR) is 84.1 cm³/mol. The molecule has 0 N–H and O–H groups in total. The fourth-order valence-corrected chi connectivity index (χ4v) is 4.73. The number of methoxy groups -OCH3 is 1. The van der Waals surface area contributed by atoms with Crippen molar-refractivity contribution in [1.82, 2.24) is 4.90 Å². The highest BCUT2D eigenvalue weighted by molar-refractivity contribution is 9.10. The summed E-state index contributed by atoms with van der Waals surface area (Å²) in [6, 6.07) is 3.44. The van der Waals surface area contributed by atoms with E-state index in [0.29, 0.717) is 29.6 Å². The Hall–Kier alpha value is -0.990. The molecule has 0 aromatic heterocycles. The molecule has 1 fully saturated rings. The molecule has 0 saturated carbocycles. The number of amides is 1. The lowest BCUT2D eigenvalue weighted by Gasteiger charge is -2.28. The molecule has 0 bridgehead atoms. The summed E-state index contributed by atoms with van der Waals surface area (Å²) in [6.45, 7) is 0.598. The van der Waals surface area contributed by atoms with Gasteiger partial charge >= 0.3 is 0 Å². The third-order valence-electron chi connectivity index (χ3n) is 3.61. The fourth-order valence-electron chi connectivity index (χ4n) is 2.48. The molecular weight excluding hydrogens is 377 g/mol. The number of hydrogen-bond acceptors (Lipinski definition) is 4. The van der Waals surface area contributed by atoms with Crippen molar-refractivity contribution in [2.75, 3.05) is 31.8 Å². The van der Waals surface area contributed by atoms with E-state index < -0.39 is 15.7 Å². The van der Waals surface area contributed by atoms with Crippen molar-refractivity contribution >= 4 is 31.7 Å². The summed E-state index contributed by atoms with van der Waals surface area (Å²) in [4.78, 5) is 14.2. The highest BCUT2D eigenvalue weighted by atomic mass is 79.9. The number of sulfone groups is 1. The number of halogens is 2. The van der Waals surface area contributed by atoms with E-state index >= 15 is 0 Å². The number of carbonyl (C=O) groups is 1. The average Bonchev–Trinajstić information content (AvgIpc) is 2.79. The van der Waals surface area contributed by atoms with E-state index in [1.54, 1.807) is 0 Å². The molecule has 5 nitrogen and oxygen atoms in total. The minimum absolute atomic E-state index is 0.0404. The first-order valence-electron chi connectivity index (χ1n) is 6.79. The molecule has 1 aliphatic rings. The Morgan fingerprint density at radius 3 is 2.77 bits per heavy atom. The van der Waals surface area contributed by atoms with E-state index in [0.717, 1.165) is 0 Å². The highest BCUT2D eigenvalue weighted by Crippen LogP contribution is 2.24. The molecule has 1 amide bonds. The van der Waals surface area contributed by atoms with Gasteiger partial charge in [-0.3, -0.25) is 4.79 Å². The molecule has 2 rings (SSSR count). The van der Waals surface area contributed by atoms with Crippen LogP contribution in [0.3, 0.4) is 0 Å². The molecule has 1 heterocycles. The van der Waals surface area contributed by atoms with Crippen LogP contribution >= 0.6 is 15.9 Å². The van der Waals surface area contributed by atoms with Crippen molar-refractivity contribution in [3.05, 3.63) is 34.1 Å². The van der Waals surface area contributed by atoms with Gasteiger partial charge in [0.05, 0.1) is 23.7 Å². The summed E-state index contributed by atoms with van der Waals surface area (Å²) < 4.78 is 41.8. The summed E-state index contributed by atoms with van der Waals surface area (Å²) in [5.41, 5.74) is 0.307. The average molecular weight is 394 g/mol. The van der Waals surface area contributed by atoms with Crippen LogP contribution in [0.15, 0.2) is 22.7 Å². The van der Waals surface area contributed by atoms with E-state index in [1.165, 1.54) is 30.2 Å². The summed E-state index contributed by atoms with van der Waals surface area (Å²) in [7, 11) is -1.59. The van der Waals surface area contributed by atoms with Gasteiger partial charge in [-0.2, -0.15) is 0 Å². The van der Waals surface area contributed by atoms with Crippen LogP contribution < -0.4 is 0 Å². The normalized spacial score (nSPS) is 20.0. The van der Waals surface area contributed by atoms with Crippen molar-refractivity contribution in [2.24, 2.45) is 0 Å². The Morgan fingerprint density at radius 1 is 1.50 bits per heavy atom. The molecule has 1 atom stereocenters. The maximum atomic E-state index is 13.2. The second kappa shape index (κ2) is 7.06. The van der Waals surface area contributed by atoms with Gasteiger partial charge in [-0.1, -0.05) is 0 Å². The van der Waals surface area contributed by atoms with E-state index in [-0.39, 0.29) is 23.5 Å². The quantitative estimate of drug-likeness (QED) is 0.765. The molecular formula is C14H17BrFNO4S. The number of carbonyl (C=O) groups excluding carboxylic acids is 1. The Bertz CT molecular complexity index is 665. The lowest BCUT2D eigenvalue weighted by atomic mass is 10.1. The number of ether oxygens (including phenoxy) is 1. The number of rotatable bonds is 5. The molecule has 22 heavy (non-hydrogen) atoms. The van der Waals surface area contributed by atoms with Gasteiger partial charge < -0.3 is 9.64 Å². The number of nitrogens with zero attached hydrogens (tertiary/aromatic N) is 1. The van der Waals surface area contributed by atoms with Crippen LogP contribution in [0.25, 0.3) is 0 Å². The molecule has 0 aliphatic carbocycles. The van der Waals surface area contributed by atoms with Crippen molar-refractivity contribution in [1.29, 1.82) is 0 Å². The van der Waals surface area contributed by atoms with Gasteiger partial charge in [0.2, 0.25) is 0 Å². The molecule has 0 radical (unpaired) electrons. The van der Waals surface area contributed by atoms with Gasteiger partial charge in [-0.15, -0.1) is 0 Å². The van der Waals surface area contributed by atoms with Crippen LogP contribution in [0.5, 0.6) is 0 Å². The molecule has 1 saturated heterocycles. The maximum Gasteiger partial charge on any atom is 0.255 e. The van der Waals surface area contributed by atoms with Gasteiger partial charge in [0.25, 0.3) is 5.91 Å². The van der Waals surface area contributed by atoms with Crippen LogP contribution in [0, 0.1) is 5.82 Å². The first-order chi connectivity index (χ1) is 10.3. The van der Waals surface area contributed by atoms with E-state index in [2.05, 4.69) is 15.9 Å². The van der Waals surface area contributed by atoms with Gasteiger partial charge in [0.15, 0.2) is 9.84 Å². The second-order valence-electron chi connectivity index (χ2n) is 5.17. The van der Waals surface area contributed by atoms with Crippen LogP contribution in [0.4, 0.5) is 4.39 Å². The van der Waals surface area contributed by atoms with Crippen LogP contribution in [0.1, 0.15) is 16.8 Å². The lowest BCUT2D eigenvalue weighted by Crippen LogP contribution is -2.43. The van der Waals surface area contributed by atoms with Crippen LogP contribution in [0.2, 0.25) is 0 Å². The van der Waals surface area contributed by atoms with E-state index in [4.69, 9.17) is 4.74 Å². The Morgan fingerprint density at radius 2 is 2.23 bits per heavy atom. The smallest absolute Gasteiger partial charge is 0.255 e. The first kappa shape index (κ1) is 17.4. The molecule has 8 heteroatoms. The second-order valence-corrected chi connectivity index (χ2v) is 8.26. The zero-order chi connectivity index (χ0) is 16.3. The van der Waals surface area contributed by atoms with E-state index in [9.17, 15) is 17.6 Å². The minimum atomic E-state index is -3.10. The number of benzene rings is 1. The molecule has 1 aromatic carbocycles. The van der Waals surface area contributed by atoms with Crippen LogP contribution in [-0.4, -0.2) is 57.0 Å². The first-order valence-corrected chi connectivity index (χ1v) is 9.41. The topological polar surface area (TPSA) is 63.7 Å². The zero-order valence-electron chi connectivity index (χ0n) is 12.1. The van der Waals surface area contributed by atoms with Gasteiger partial charge in [-0.05, 0) is 40.5 Å². The third-order valence-corrected chi connectivity index (χ3v) is 6.01. The highest BCUT2D eigenvalue weighted by Gasteiger charge is 2.35. The van der Waals surface area contributed by atoms with Crippen molar-refractivity contribution in [2.45, 2.75) is 12.5 Å². The summed E-state index contributed by atoms with van der Waals surface area (Å²) >= 11 is 3.18. The summed E-state index contributed by atoms with van der Waals surface area (Å²) in [5, 5.41) is 0. The third kappa shape index (κ3) is 4.05. The molecule has 1 aromatic rings. The fraction of sp³-hybridized carbons (Fsp3) is 0.500. The molecule has 122 valence electrons. The van der Waals surface area contributed by atoms with Crippen molar-refractivity contribution < 1.29 is 22.3 Å². The molecule has 0 spiro atoms. The predicted octanol–water partition coefficient (Wildman–Crippen LogP) is 1.86. The molecule has 1 unspecified atom stereocenters. The zero-order valence-corrected chi connectivity index (χ0v) is 14.5. The monoisotopic (exact) mass is 393 g/mol. The van der Waals surface area contributed by atoms with Gasteiger partial charge in [0.1, 0.15) is 5.82 Å². The largest absolute Gasteiger partial charge is 0.383 e. The SMILES string of the molecule is COCCN(C(=O)c1ccc(F)cc1Br)C1CCS(=O)(=O)C1. The summed E-state index contributed by atoms with van der Waals surface area (Å²) in [6.07, 6.45) is 0.413. The van der Waals surface area contributed by atoms with Crippen LogP contribution in [-0.2, 0) is 14.6 Å². The summed E-state index contributed by atoms with van der Waals surface area (Å²) in [5.74, 6) is -0.735. The standard InChI is InChI=1S/C14H17BrFNO4S/c1-21-6-5-17(11-4-7-22(19,20)9-11)14(18)12-3-2-10(16)8-13(12)15/h2-3,8,11H,4-7,9H2,1H3. The number of hydrogen-bond donors (Lipinski definition) is 0. The van der Waals surface area contributed by atoms with E-state index in [1.807, 2.05) is 0 Å². The minimum Gasteiger partial charge on any atom is -0.383 e. The van der Waals surface area contributed by atoms with Gasteiger partial charge in [0, 0.05) is 24.2 Å². The Kier molecular flexibility index (Phi) is 5.57. The Labute approximate surface area is 137 Å².